The van der Waals surface area contributed by atoms with E-state index < -0.39 is 0 Å². The van der Waals surface area contributed by atoms with Gasteiger partial charge < -0.3 is 19.7 Å². The van der Waals surface area contributed by atoms with Crippen LogP contribution >= 0.6 is 11.3 Å². The van der Waals surface area contributed by atoms with Crippen molar-refractivity contribution in [3.05, 3.63) is 56.7 Å². The number of halogens is 1. The molecule has 4 rings (SSSR count). The van der Waals surface area contributed by atoms with Gasteiger partial charge in [-0.05, 0) is 50.8 Å². The SMILES string of the molecule is Cc1c(C(=O)N2CCN(c3ccc(F)cc3)CC2)sc2nc(CN(C)C)[nH]c(=O)c12. The number of hydrogen-bond acceptors (Lipinski definition) is 6. The Bertz CT molecular complexity index is 1130. The first-order valence-electron chi connectivity index (χ1n) is 9.80. The number of nitrogens with zero attached hydrogens (tertiary/aromatic N) is 4. The molecule has 1 aliphatic rings. The van der Waals surface area contributed by atoms with E-state index in [1.54, 1.807) is 12.1 Å². The van der Waals surface area contributed by atoms with Crippen LogP contribution in [0.4, 0.5) is 10.1 Å². The summed E-state index contributed by atoms with van der Waals surface area (Å²) in [5.74, 6) is 0.263. The zero-order valence-electron chi connectivity index (χ0n) is 17.2. The largest absolute Gasteiger partial charge is 0.368 e. The smallest absolute Gasteiger partial charge is 0.264 e. The Morgan fingerprint density at radius 1 is 1.20 bits per heavy atom. The van der Waals surface area contributed by atoms with Crippen molar-refractivity contribution in [1.29, 1.82) is 0 Å². The van der Waals surface area contributed by atoms with Crippen LogP contribution in [0.3, 0.4) is 0 Å². The van der Waals surface area contributed by atoms with Gasteiger partial charge in [-0.3, -0.25) is 9.59 Å². The number of thiophene rings is 1. The molecule has 30 heavy (non-hydrogen) atoms. The Hall–Kier alpha value is -2.78. The number of carbonyl (C=O) groups is 1. The Morgan fingerprint density at radius 2 is 1.87 bits per heavy atom. The molecule has 0 bridgehead atoms. The van der Waals surface area contributed by atoms with Crippen molar-refractivity contribution in [2.75, 3.05) is 45.2 Å². The third-order valence-electron chi connectivity index (χ3n) is 5.27. The summed E-state index contributed by atoms with van der Waals surface area (Å²) in [6.07, 6.45) is 0. The summed E-state index contributed by atoms with van der Waals surface area (Å²) < 4.78 is 13.1. The first-order valence-corrected chi connectivity index (χ1v) is 10.6. The van der Waals surface area contributed by atoms with Crippen molar-refractivity contribution in [3.63, 3.8) is 0 Å². The van der Waals surface area contributed by atoms with Crippen LogP contribution in [0.2, 0.25) is 0 Å². The third kappa shape index (κ3) is 3.95. The van der Waals surface area contributed by atoms with Gasteiger partial charge >= 0.3 is 0 Å². The molecule has 0 spiro atoms. The van der Waals surface area contributed by atoms with E-state index in [0.29, 0.717) is 59.2 Å². The molecule has 0 saturated carbocycles. The summed E-state index contributed by atoms with van der Waals surface area (Å²) in [6, 6.07) is 6.41. The molecule has 9 heteroatoms. The van der Waals surface area contributed by atoms with E-state index in [4.69, 9.17) is 0 Å². The number of carbonyl (C=O) groups excluding carboxylic acids is 1. The number of anilines is 1. The summed E-state index contributed by atoms with van der Waals surface area (Å²) in [7, 11) is 3.81. The summed E-state index contributed by atoms with van der Waals surface area (Å²) >= 11 is 1.28. The fraction of sp³-hybridized carbons (Fsp3) is 0.381. The van der Waals surface area contributed by atoms with Gasteiger partial charge in [0.25, 0.3) is 11.5 Å². The van der Waals surface area contributed by atoms with Gasteiger partial charge in [-0.15, -0.1) is 11.3 Å². The van der Waals surface area contributed by atoms with Crippen LogP contribution in [0.1, 0.15) is 21.1 Å². The minimum absolute atomic E-state index is 0.0668. The predicted octanol–water partition coefficient (Wildman–Crippen LogP) is 2.46. The number of nitrogens with one attached hydrogen (secondary N) is 1. The topological polar surface area (TPSA) is 72.5 Å². The molecule has 0 aliphatic carbocycles. The van der Waals surface area contributed by atoms with E-state index in [1.807, 2.05) is 30.8 Å². The maximum absolute atomic E-state index is 13.2. The number of rotatable bonds is 4. The van der Waals surface area contributed by atoms with Crippen LogP contribution in [0.5, 0.6) is 0 Å². The van der Waals surface area contributed by atoms with Gasteiger partial charge in [0, 0.05) is 31.9 Å². The molecule has 1 fully saturated rings. The van der Waals surface area contributed by atoms with Gasteiger partial charge in [-0.1, -0.05) is 0 Å². The lowest BCUT2D eigenvalue weighted by Crippen LogP contribution is -2.48. The van der Waals surface area contributed by atoms with Gasteiger partial charge in [0.05, 0.1) is 16.8 Å². The third-order valence-corrected chi connectivity index (χ3v) is 6.44. The van der Waals surface area contributed by atoms with Crippen molar-refractivity contribution < 1.29 is 9.18 Å². The molecule has 3 heterocycles. The van der Waals surface area contributed by atoms with E-state index in [-0.39, 0.29) is 17.3 Å². The summed E-state index contributed by atoms with van der Waals surface area (Å²) in [5.41, 5.74) is 1.43. The quantitative estimate of drug-likeness (QED) is 0.690. The van der Waals surface area contributed by atoms with Gasteiger partial charge in [-0.25, -0.2) is 9.37 Å². The molecule has 0 atom stereocenters. The molecule has 1 aromatic carbocycles. The fourth-order valence-corrected chi connectivity index (χ4v) is 4.90. The lowest BCUT2D eigenvalue weighted by atomic mass is 10.2. The highest BCUT2D eigenvalue weighted by Gasteiger charge is 2.26. The molecule has 2 aromatic heterocycles. The van der Waals surface area contributed by atoms with Crippen molar-refractivity contribution in [2.24, 2.45) is 0 Å². The first kappa shape index (κ1) is 20.5. The van der Waals surface area contributed by atoms with E-state index in [0.717, 1.165) is 5.69 Å². The summed E-state index contributed by atoms with van der Waals surface area (Å²) in [5, 5.41) is 0.496. The lowest BCUT2D eigenvalue weighted by molar-refractivity contribution is 0.0751. The average molecular weight is 430 g/mol. The molecular weight excluding hydrogens is 405 g/mol. The van der Waals surface area contributed by atoms with E-state index >= 15 is 0 Å². The molecule has 1 amide bonds. The Balaban J connectivity index is 1.53. The molecule has 3 aromatic rings. The fourth-order valence-electron chi connectivity index (χ4n) is 3.73. The second-order valence-electron chi connectivity index (χ2n) is 7.74. The molecule has 1 aliphatic heterocycles. The first-order chi connectivity index (χ1) is 14.3. The zero-order chi connectivity index (χ0) is 21.4. The highest BCUT2D eigenvalue weighted by Crippen LogP contribution is 2.29. The number of H-pyrrole nitrogens is 1. The number of aromatic nitrogens is 2. The summed E-state index contributed by atoms with van der Waals surface area (Å²) in [4.78, 5) is 40.2. The molecule has 158 valence electrons. The standard InChI is InChI=1S/C21H24FN5O2S/c1-13-17-19(28)23-16(12-25(2)3)24-20(17)30-18(13)21(29)27-10-8-26(9-11-27)15-6-4-14(22)5-7-15/h4-7H,8-12H2,1-3H3,(H,23,24,28). The van der Waals surface area contributed by atoms with Crippen molar-refractivity contribution >= 4 is 33.1 Å². The second kappa shape index (κ2) is 8.16. The lowest BCUT2D eigenvalue weighted by Gasteiger charge is -2.36. The number of hydrogen-bond donors (Lipinski definition) is 1. The molecule has 0 unspecified atom stereocenters. The minimum Gasteiger partial charge on any atom is -0.368 e. The summed E-state index contributed by atoms with van der Waals surface area (Å²) in [6.45, 7) is 4.82. The van der Waals surface area contributed by atoms with E-state index in [9.17, 15) is 14.0 Å². The zero-order valence-corrected chi connectivity index (χ0v) is 18.1. The van der Waals surface area contributed by atoms with Crippen LogP contribution in [-0.4, -0.2) is 65.9 Å². The van der Waals surface area contributed by atoms with Crippen molar-refractivity contribution in [3.8, 4) is 0 Å². The van der Waals surface area contributed by atoms with Gasteiger partial charge in [0.1, 0.15) is 16.5 Å². The van der Waals surface area contributed by atoms with Crippen molar-refractivity contribution in [1.82, 2.24) is 19.8 Å². The molecule has 1 saturated heterocycles. The highest BCUT2D eigenvalue weighted by atomic mass is 32.1. The van der Waals surface area contributed by atoms with Gasteiger partial charge in [0.15, 0.2) is 0 Å². The van der Waals surface area contributed by atoms with Gasteiger partial charge in [-0.2, -0.15) is 0 Å². The predicted molar refractivity (Wildman–Crippen MR) is 117 cm³/mol. The second-order valence-corrected chi connectivity index (χ2v) is 8.74. The molecule has 1 N–H and O–H groups in total. The number of amides is 1. The Morgan fingerprint density at radius 3 is 2.50 bits per heavy atom. The maximum atomic E-state index is 13.2. The van der Waals surface area contributed by atoms with E-state index in [1.165, 1.54) is 23.5 Å². The van der Waals surface area contributed by atoms with Crippen LogP contribution in [0, 0.1) is 12.7 Å². The minimum atomic E-state index is -0.259. The van der Waals surface area contributed by atoms with Crippen molar-refractivity contribution in [2.45, 2.75) is 13.5 Å². The molecule has 7 nitrogen and oxygen atoms in total. The number of aryl methyl sites for hydroxylation is 1. The normalized spacial score (nSPS) is 14.7. The number of aromatic amines is 1. The number of benzene rings is 1. The average Bonchev–Trinajstić information content (AvgIpc) is 3.04. The van der Waals surface area contributed by atoms with Gasteiger partial charge in [0.2, 0.25) is 0 Å². The highest BCUT2D eigenvalue weighted by molar-refractivity contribution is 7.20. The maximum Gasteiger partial charge on any atom is 0.264 e. The van der Waals surface area contributed by atoms with Crippen LogP contribution in [-0.2, 0) is 6.54 Å². The van der Waals surface area contributed by atoms with E-state index in [2.05, 4.69) is 14.9 Å². The monoisotopic (exact) mass is 429 g/mol. The molecular formula is C21H24FN5O2S. The van der Waals surface area contributed by atoms with Crippen LogP contribution < -0.4 is 10.5 Å². The Kier molecular flexibility index (Phi) is 5.57. The number of piperazine rings is 1. The van der Waals surface area contributed by atoms with Crippen LogP contribution in [0.25, 0.3) is 10.2 Å². The Labute approximate surface area is 177 Å². The number of fused-ring (bicyclic) bond motifs is 1. The van der Waals surface area contributed by atoms with Crippen LogP contribution in [0.15, 0.2) is 29.1 Å². The molecule has 0 radical (unpaired) electrons.